The number of hydrogen-bond donors (Lipinski definition) is 0. The topological polar surface area (TPSA) is 208 Å². The van der Waals surface area contributed by atoms with Crippen LogP contribution in [-0.2, 0) is 0 Å². The quantitative estimate of drug-likeness (QED) is 0.371. The van der Waals surface area contributed by atoms with Gasteiger partial charge in [-0.2, -0.15) is 0 Å². The predicted octanol–water partition coefficient (Wildman–Crippen LogP) is -10.7. The van der Waals surface area contributed by atoms with Crippen molar-refractivity contribution in [2.75, 3.05) is 0 Å². The third-order valence-corrected chi connectivity index (χ3v) is 0. The van der Waals surface area contributed by atoms with E-state index in [2.05, 4.69) is 0 Å². The third kappa shape index (κ3) is 595. The molecule has 0 unspecified atom stereocenters. The van der Waals surface area contributed by atoms with E-state index in [1.54, 1.807) is 0 Å². The van der Waals surface area contributed by atoms with Crippen molar-refractivity contribution in [1.82, 2.24) is 0 Å². The summed E-state index contributed by atoms with van der Waals surface area (Å²) in [7, 11) is -8.56. The second kappa shape index (κ2) is 19.4. The molecule has 0 bridgehead atoms. The Labute approximate surface area is 112 Å². The molecule has 9 nitrogen and oxygen atoms in total. The van der Waals surface area contributed by atoms with Gasteiger partial charge >= 0.3 is 38.6 Å². The monoisotopic (exact) mass is 408 g/mol. The molecule has 0 radical (unpaired) electrons. The molecule has 0 amide bonds. The van der Waals surface area contributed by atoms with Gasteiger partial charge < -0.3 is 41.9 Å². The zero-order valence-electron chi connectivity index (χ0n) is 5.14. The van der Waals surface area contributed by atoms with Crippen molar-refractivity contribution in [3.05, 3.63) is 0 Å². The normalized spacial score (nSPS) is 8.31. The zero-order valence-corrected chi connectivity index (χ0v) is 9.55. The third-order valence-electron chi connectivity index (χ3n) is 0. The summed E-state index contributed by atoms with van der Waals surface area (Å²) in [5.41, 5.74) is 0. The van der Waals surface area contributed by atoms with Crippen LogP contribution in [-0.4, -0.2) is 0 Å². The van der Waals surface area contributed by atoms with Gasteiger partial charge in [0.25, 0.3) is 0 Å². The van der Waals surface area contributed by atoms with Gasteiger partial charge in [-0.3, -0.25) is 0 Å². The summed E-state index contributed by atoms with van der Waals surface area (Å²) in [5, 5.41) is 0. The van der Waals surface area contributed by atoms with Crippen molar-refractivity contribution in [3.8, 4) is 0 Å². The van der Waals surface area contributed by atoms with Crippen LogP contribution in [0.2, 0.25) is 0 Å². The number of halogens is 3. The second-order valence-corrected chi connectivity index (χ2v) is 1.70. The Morgan fingerprint density at radius 1 is 0.385 bits per heavy atom. The predicted molar refractivity (Wildman–Crippen MR) is 0 cm³/mol. The van der Waals surface area contributed by atoms with Gasteiger partial charge in [-0.25, -0.2) is 0 Å². The number of rotatable bonds is 0. The first-order chi connectivity index (χ1) is 5.20. The standard InChI is InChI=1S/3ClO3.Tb/c3*2-1(3)4;/q3*-1;+3. The fourth-order valence-electron chi connectivity index (χ4n) is 0. The minimum absolute atomic E-state index is 0. The Bertz CT molecular complexity index is 43.4. The SMILES string of the molecule is [O-][Cl+2]([O-])[O-].[O-][Cl+2]([O-])[O-].[O-][Cl+2]([O-])[O-].[Tb+3]. The molecule has 0 saturated carbocycles. The van der Waals surface area contributed by atoms with Gasteiger partial charge in [0, 0.05) is 0 Å². The van der Waals surface area contributed by atoms with E-state index in [0.717, 1.165) is 0 Å². The summed E-state index contributed by atoms with van der Waals surface area (Å²) in [4.78, 5) is 0. The molecule has 0 aliphatic carbocycles. The van der Waals surface area contributed by atoms with Crippen LogP contribution >= 0.6 is 0 Å². The van der Waals surface area contributed by atoms with Crippen LogP contribution in [0, 0.1) is 71.0 Å². The maximum atomic E-state index is 8.41. The van der Waals surface area contributed by atoms with Gasteiger partial charge in [-0.15, -0.1) is 0 Å². The van der Waals surface area contributed by atoms with E-state index >= 15 is 0 Å². The van der Waals surface area contributed by atoms with Crippen molar-refractivity contribution in [3.63, 3.8) is 0 Å². The van der Waals surface area contributed by atoms with E-state index in [-0.39, 0.29) is 38.6 Å². The Morgan fingerprint density at radius 3 is 0.385 bits per heavy atom. The molecule has 0 rings (SSSR count). The van der Waals surface area contributed by atoms with E-state index in [0.29, 0.717) is 0 Å². The maximum Gasteiger partial charge on any atom is 3.00 e. The first kappa shape index (κ1) is 24.2. The number of hydrogen-bond acceptors (Lipinski definition) is 9. The summed E-state index contributed by atoms with van der Waals surface area (Å²) in [6.07, 6.45) is 0. The molecule has 0 aromatic heterocycles. The van der Waals surface area contributed by atoms with Crippen LogP contribution in [0.25, 0.3) is 0 Å². The van der Waals surface area contributed by atoms with Crippen LogP contribution in [0.5, 0.6) is 0 Å². The Morgan fingerprint density at radius 2 is 0.385 bits per heavy atom. The molecule has 0 aliphatic rings. The van der Waals surface area contributed by atoms with E-state index < -0.39 is 32.4 Å². The zero-order chi connectivity index (χ0) is 10.7. The largest absolute Gasteiger partial charge is 3.00 e. The second-order valence-electron chi connectivity index (χ2n) is 0.567. The summed E-state index contributed by atoms with van der Waals surface area (Å²) >= 11 is 0. The van der Waals surface area contributed by atoms with E-state index in [4.69, 9.17) is 41.9 Å². The summed E-state index contributed by atoms with van der Waals surface area (Å²) in [5.74, 6) is 0. The van der Waals surface area contributed by atoms with Crippen LogP contribution in [0.4, 0.5) is 0 Å². The van der Waals surface area contributed by atoms with Gasteiger partial charge in [0.05, 0.1) is 32.4 Å². The van der Waals surface area contributed by atoms with Crippen LogP contribution in [0.3, 0.4) is 0 Å². The van der Waals surface area contributed by atoms with Gasteiger partial charge in [-0.1, -0.05) is 0 Å². The molecule has 0 heterocycles. The first-order valence-electron chi connectivity index (χ1n) is 1.39. The summed E-state index contributed by atoms with van der Waals surface area (Å²) < 4.78 is 75.7. The Hall–Kier alpha value is 1.80. The fraction of sp³-hybridized carbons (Fsp3) is 0. The molecule has 0 atom stereocenters. The summed E-state index contributed by atoms with van der Waals surface area (Å²) in [6.45, 7) is 0. The Kier molecular flexibility index (Phi) is 36.0. The molecule has 13 heteroatoms. The molecule has 0 aromatic carbocycles. The van der Waals surface area contributed by atoms with Crippen molar-refractivity contribution in [1.29, 1.82) is 0 Å². The first-order valence-corrected chi connectivity index (χ1v) is 4.17. The Balaban J connectivity index is -0.0000000450. The molecule has 84 valence electrons. The van der Waals surface area contributed by atoms with Crippen LogP contribution < -0.4 is 41.9 Å². The van der Waals surface area contributed by atoms with E-state index in [1.807, 2.05) is 0 Å². The minimum Gasteiger partial charge on any atom is -0.357 e. The van der Waals surface area contributed by atoms with Gasteiger partial charge in [0.1, 0.15) is 0 Å². The van der Waals surface area contributed by atoms with Crippen molar-refractivity contribution < 1.29 is 113 Å². The minimum atomic E-state index is -2.85. The van der Waals surface area contributed by atoms with Gasteiger partial charge in [0.15, 0.2) is 0 Å². The summed E-state index contributed by atoms with van der Waals surface area (Å²) in [6, 6.07) is 0. The molecular formula is Cl3O9Tb. The molecule has 0 saturated heterocycles. The van der Waals surface area contributed by atoms with Crippen molar-refractivity contribution >= 4 is 0 Å². The maximum absolute atomic E-state index is 8.41. The van der Waals surface area contributed by atoms with Crippen molar-refractivity contribution in [2.45, 2.75) is 0 Å². The average Bonchev–Trinajstić information content (AvgIpc) is 1.54. The fourth-order valence-corrected chi connectivity index (χ4v) is 0. The molecule has 0 aliphatic heterocycles. The van der Waals surface area contributed by atoms with Crippen LogP contribution in [0.1, 0.15) is 0 Å². The van der Waals surface area contributed by atoms with Gasteiger partial charge in [-0.05, 0) is 0 Å². The van der Waals surface area contributed by atoms with E-state index in [1.165, 1.54) is 0 Å². The molecule has 13 heavy (non-hydrogen) atoms. The molecule has 0 spiro atoms. The molecular weight excluding hydrogens is 409 g/mol. The molecule has 0 fully saturated rings. The van der Waals surface area contributed by atoms with Crippen molar-refractivity contribution in [2.24, 2.45) is 0 Å². The van der Waals surface area contributed by atoms with Gasteiger partial charge in [0.2, 0.25) is 0 Å². The molecule has 0 N–H and O–H groups in total. The molecule has 0 aromatic rings. The van der Waals surface area contributed by atoms with E-state index in [9.17, 15) is 0 Å². The van der Waals surface area contributed by atoms with Crippen LogP contribution in [0.15, 0.2) is 0 Å². The average molecular weight is 409 g/mol. The smallest absolute Gasteiger partial charge is 0.357 e.